The van der Waals surface area contributed by atoms with Crippen molar-refractivity contribution in [3.63, 3.8) is 0 Å². The van der Waals surface area contributed by atoms with Gasteiger partial charge in [0.25, 0.3) is 0 Å². The zero-order chi connectivity index (χ0) is 22.0. The maximum Gasteiger partial charge on any atom is 0.173 e. The average Bonchev–Trinajstić information content (AvgIpc) is 3.27. The normalized spacial score (nSPS) is 14.8. The molecule has 0 atom stereocenters. The van der Waals surface area contributed by atoms with Crippen molar-refractivity contribution in [3.8, 4) is 0 Å². The predicted molar refractivity (Wildman–Crippen MR) is 128 cm³/mol. The van der Waals surface area contributed by atoms with Gasteiger partial charge in [-0.1, -0.05) is 29.8 Å². The van der Waals surface area contributed by atoms with E-state index in [1.807, 2.05) is 24.9 Å². The Labute approximate surface area is 189 Å². The van der Waals surface area contributed by atoms with Crippen molar-refractivity contribution >= 4 is 23.0 Å². The number of hydrogen-bond acceptors (Lipinski definition) is 4. The molecular formula is C23H31N7S. The fourth-order valence-corrected chi connectivity index (χ4v) is 4.29. The molecule has 7 nitrogen and oxygen atoms in total. The Morgan fingerprint density at radius 2 is 1.71 bits per heavy atom. The third-order valence-corrected chi connectivity index (χ3v) is 6.25. The third-order valence-electron chi connectivity index (χ3n) is 5.89. The second-order valence-electron chi connectivity index (χ2n) is 8.40. The summed E-state index contributed by atoms with van der Waals surface area (Å²) in [5.74, 6) is 0. The molecule has 3 heterocycles. The Kier molecular flexibility index (Phi) is 6.38. The van der Waals surface area contributed by atoms with E-state index in [-0.39, 0.29) is 0 Å². The van der Waals surface area contributed by atoms with Gasteiger partial charge in [0.1, 0.15) is 0 Å². The summed E-state index contributed by atoms with van der Waals surface area (Å²) < 4.78 is 3.91. The molecular weight excluding hydrogens is 406 g/mol. The van der Waals surface area contributed by atoms with Crippen LogP contribution in [-0.4, -0.2) is 60.7 Å². The van der Waals surface area contributed by atoms with Crippen LogP contribution in [0.5, 0.6) is 0 Å². The first kappa shape index (κ1) is 21.5. The second-order valence-corrected chi connectivity index (χ2v) is 8.79. The Morgan fingerprint density at radius 1 is 1.00 bits per heavy atom. The molecule has 0 aliphatic carbocycles. The number of rotatable bonds is 5. The van der Waals surface area contributed by atoms with Gasteiger partial charge >= 0.3 is 0 Å². The lowest BCUT2D eigenvalue weighted by Crippen LogP contribution is -2.49. The van der Waals surface area contributed by atoms with Gasteiger partial charge in [-0.25, -0.2) is 0 Å². The number of benzene rings is 1. The summed E-state index contributed by atoms with van der Waals surface area (Å²) in [4.78, 5) is 4.71. The summed E-state index contributed by atoms with van der Waals surface area (Å²) in [6.45, 7) is 11.8. The van der Waals surface area contributed by atoms with Gasteiger partial charge in [-0.2, -0.15) is 10.2 Å². The van der Waals surface area contributed by atoms with Crippen molar-refractivity contribution in [2.75, 3.05) is 31.5 Å². The second kappa shape index (κ2) is 9.20. The molecule has 1 aromatic carbocycles. The number of aryl methyl sites for hydroxylation is 3. The van der Waals surface area contributed by atoms with Crippen molar-refractivity contribution in [1.29, 1.82) is 0 Å². The Bertz CT molecular complexity index is 1040. The average molecular weight is 438 g/mol. The van der Waals surface area contributed by atoms with Crippen LogP contribution in [0.1, 0.15) is 28.1 Å². The van der Waals surface area contributed by atoms with E-state index < -0.39 is 0 Å². The molecule has 0 saturated carbocycles. The van der Waals surface area contributed by atoms with E-state index in [0.717, 1.165) is 61.5 Å². The lowest BCUT2D eigenvalue weighted by atomic mass is 10.1. The van der Waals surface area contributed by atoms with Gasteiger partial charge in [0.05, 0.1) is 29.8 Å². The predicted octanol–water partition coefficient (Wildman–Crippen LogP) is 3.10. The number of aromatic nitrogens is 4. The van der Waals surface area contributed by atoms with E-state index in [9.17, 15) is 0 Å². The van der Waals surface area contributed by atoms with Crippen LogP contribution >= 0.6 is 12.2 Å². The van der Waals surface area contributed by atoms with E-state index in [1.54, 1.807) is 0 Å². The molecule has 3 aromatic rings. The van der Waals surface area contributed by atoms with Crippen LogP contribution in [0.3, 0.4) is 0 Å². The molecule has 8 heteroatoms. The van der Waals surface area contributed by atoms with Crippen LogP contribution in [0.15, 0.2) is 36.7 Å². The summed E-state index contributed by atoms with van der Waals surface area (Å²) in [7, 11) is 1.96. The van der Waals surface area contributed by atoms with Gasteiger partial charge in [-0.15, -0.1) is 0 Å². The van der Waals surface area contributed by atoms with Crippen LogP contribution in [0.2, 0.25) is 0 Å². The largest absolute Gasteiger partial charge is 0.346 e. The minimum Gasteiger partial charge on any atom is -0.346 e. The summed E-state index contributed by atoms with van der Waals surface area (Å²) in [5, 5.41) is 13.3. The van der Waals surface area contributed by atoms with Gasteiger partial charge in [-0.3, -0.25) is 14.3 Å². The lowest BCUT2D eigenvalue weighted by molar-refractivity contribution is 0.177. The highest BCUT2D eigenvalue weighted by Gasteiger charge is 2.21. The van der Waals surface area contributed by atoms with E-state index in [1.165, 1.54) is 16.7 Å². The molecule has 0 amide bonds. The first-order valence-corrected chi connectivity index (χ1v) is 11.1. The lowest BCUT2D eigenvalue weighted by Gasteiger charge is -2.36. The minimum absolute atomic E-state index is 0.758. The van der Waals surface area contributed by atoms with Crippen LogP contribution in [-0.2, 0) is 20.1 Å². The van der Waals surface area contributed by atoms with E-state index in [4.69, 9.17) is 17.3 Å². The summed E-state index contributed by atoms with van der Waals surface area (Å²) in [6, 6.07) is 8.61. The first-order chi connectivity index (χ1) is 14.9. The monoisotopic (exact) mass is 437 g/mol. The highest BCUT2D eigenvalue weighted by molar-refractivity contribution is 7.80. The van der Waals surface area contributed by atoms with Crippen molar-refractivity contribution in [3.05, 3.63) is 64.7 Å². The summed E-state index contributed by atoms with van der Waals surface area (Å²) in [6.07, 6.45) is 4.02. The fraction of sp³-hybridized carbons (Fsp3) is 0.435. The van der Waals surface area contributed by atoms with E-state index >= 15 is 0 Å². The number of nitrogens with one attached hydrogen (secondary N) is 1. The zero-order valence-electron chi connectivity index (χ0n) is 18.8. The highest BCUT2D eigenvalue weighted by Crippen LogP contribution is 2.21. The van der Waals surface area contributed by atoms with Gasteiger partial charge in [0.15, 0.2) is 5.11 Å². The number of thiocarbonyl (C=S) groups is 1. The third kappa shape index (κ3) is 5.14. The van der Waals surface area contributed by atoms with Crippen molar-refractivity contribution < 1.29 is 0 Å². The minimum atomic E-state index is 0.758. The molecule has 2 aromatic heterocycles. The van der Waals surface area contributed by atoms with Gasteiger partial charge in [0, 0.05) is 51.5 Å². The Hall–Kier alpha value is -2.71. The van der Waals surface area contributed by atoms with Gasteiger partial charge in [-0.05, 0) is 38.6 Å². The molecule has 1 N–H and O–H groups in total. The summed E-state index contributed by atoms with van der Waals surface area (Å²) in [5.41, 5.74) is 6.87. The molecule has 31 heavy (non-hydrogen) atoms. The number of anilines is 1. The molecule has 4 rings (SSSR count). The maximum atomic E-state index is 5.75. The number of nitrogens with zero attached hydrogens (tertiary/aromatic N) is 6. The smallest absolute Gasteiger partial charge is 0.173 e. The molecule has 0 spiro atoms. The SMILES string of the molecule is Cc1ccc(Cn2nc(C)c(NC(=S)N3CCN(Cc4cnn(C)c4)CC3)c2C)cc1. The standard InChI is InChI=1S/C23H31N7S/c1-17-5-7-20(8-6-17)16-30-19(3)22(18(2)26-30)25-23(31)29-11-9-28(10-12-29)15-21-13-24-27(4)14-21/h5-8,13-14H,9-12,15-16H2,1-4H3,(H,25,31). The molecule has 0 radical (unpaired) electrons. The topological polar surface area (TPSA) is 54.2 Å². The van der Waals surface area contributed by atoms with Crippen LogP contribution in [0, 0.1) is 20.8 Å². The fourth-order valence-electron chi connectivity index (χ4n) is 4.00. The van der Waals surface area contributed by atoms with E-state index in [2.05, 4.69) is 69.2 Å². The summed E-state index contributed by atoms with van der Waals surface area (Å²) >= 11 is 5.75. The molecule has 1 fully saturated rings. The molecule has 0 unspecified atom stereocenters. The molecule has 164 valence electrons. The Balaban J connectivity index is 1.34. The van der Waals surface area contributed by atoms with Crippen LogP contribution < -0.4 is 5.32 Å². The quantitative estimate of drug-likeness (QED) is 0.619. The number of hydrogen-bond donors (Lipinski definition) is 1. The maximum absolute atomic E-state index is 5.75. The Morgan fingerprint density at radius 3 is 2.35 bits per heavy atom. The van der Waals surface area contributed by atoms with Gasteiger partial charge < -0.3 is 10.2 Å². The highest BCUT2D eigenvalue weighted by atomic mass is 32.1. The first-order valence-electron chi connectivity index (χ1n) is 10.7. The van der Waals surface area contributed by atoms with E-state index in [0.29, 0.717) is 0 Å². The van der Waals surface area contributed by atoms with Gasteiger partial charge in [0.2, 0.25) is 0 Å². The van der Waals surface area contributed by atoms with Crippen molar-refractivity contribution in [2.45, 2.75) is 33.9 Å². The van der Waals surface area contributed by atoms with Crippen LogP contribution in [0.4, 0.5) is 5.69 Å². The number of piperazine rings is 1. The molecule has 1 aliphatic heterocycles. The van der Waals surface area contributed by atoms with Crippen molar-refractivity contribution in [2.24, 2.45) is 7.05 Å². The zero-order valence-corrected chi connectivity index (χ0v) is 19.6. The molecule has 1 aliphatic rings. The van der Waals surface area contributed by atoms with Crippen LogP contribution in [0.25, 0.3) is 0 Å². The molecule has 1 saturated heterocycles. The van der Waals surface area contributed by atoms with Crippen molar-refractivity contribution in [1.82, 2.24) is 29.4 Å². The molecule has 0 bridgehead atoms.